The van der Waals surface area contributed by atoms with Crippen LogP contribution in [0.2, 0.25) is 0 Å². The van der Waals surface area contributed by atoms with E-state index in [9.17, 15) is 4.79 Å². The van der Waals surface area contributed by atoms with Gasteiger partial charge in [-0.05, 0) is 40.5 Å². The minimum absolute atomic E-state index is 0.136. The van der Waals surface area contributed by atoms with Crippen LogP contribution in [0.5, 0.6) is 0 Å². The topological polar surface area (TPSA) is 29.5 Å². The minimum Gasteiger partial charge on any atom is -0.444 e. The second-order valence-electron chi connectivity index (χ2n) is 5.44. The molecule has 3 nitrogen and oxygen atoms in total. The van der Waals surface area contributed by atoms with E-state index in [1.54, 1.807) is 4.90 Å². The van der Waals surface area contributed by atoms with Crippen molar-refractivity contribution in [3.63, 3.8) is 0 Å². The number of carbonyl (C=O) groups is 1. The zero-order chi connectivity index (χ0) is 12.9. The first-order valence-corrected chi connectivity index (χ1v) is 5.79. The molecule has 0 rings (SSSR count). The second-order valence-corrected chi connectivity index (χ2v) is 5.44. The third kappa shape index (κ3) is 5.79. The molecule has 0 bridgehead atoms. The molecule has 0 heterocycles. The van der Waals surface area contributed by atoms with Gasteiger partial charge < -0.3 is 9.64 Å². The van der Waals surface area contributed by atoms with Gasteiger partial charge in [0.15, 0.2) is 0 Å². The van der Waals surface area contributed by atoms with E-state index < -0.39 is 5.60 Å². The maximum Gasteiger partial charge on any atom is 0.410 e. The fraction of sp³-hybridized carbons (Fsp3) is 0.769. The van der Waals surface area contributed by atoms with Crippen molar-refractivity contribution >= 4 is 6.09 Å². The number of nitrogens with zero attached hydrogens (tertiary/aromatic N) is 1. The molecule has 0 aliphatic rings. The Morgan fingerprint density at radius 1 is 1.38 bits per heavy atom. The van der Waals surface area contributed by atoms with E-state index in [0.29, 0.717) is 6.54 Å². The smallest absolute Gasteiger partial charge is 0.410 e. The minimum atomic E-state index is -0.443. The zero-order valence-electron chi connectivity index (χ0n) is 11.4. The third-order valence-corrected chi connectivity index (χ3v) is 2.14. The summed E-state index contributed by atoms with van der Waals surface area (Å²) in [7, 11) is 0. The molecule has 0 spiro atoms. The van der Waals surface area contributed by atoms with Gasteiger partial charge in [0.25, 0.3) is 0 Å². The fourth-order valence-corrected chi connectivity index (χ4v) is 1.20. The SMILES string of the molecule is C=CC(C)CN(C(=O)OC(C)(C)C)C(C)C. The summed E-state index contributed by atoms with van der Waals surface area (Å²) in [5, 5.41) is 0. The van der Waals surface area contributed by atoms with Gasteiger partial charge in [0.2, 0.25) is 0 Å². The van der Waals surface area contributed by atoms with Crippen LogP contribution in [0.25, 0.3) is 0 Å². The fourth-order valence-electron chi connectivity index (χ4n) is 1.20. The van der Waals surface area contributed by atoms with Crippen molar-refractivity contribution in [2.24, 2.45) is 5.92 Å². The van der Waals surface area contributed by atoms with E-state index in [1.807, 2.05) is 47.6 Å². The molecule has 0 N–H and O–H groups in total. The molecule has 1 atom stereocenters. The second kappa shape index (κ2) is 5.92. The lowest BCUT2D eigenvalue weighted by Crippen LogP contribution is -2.42. The van der Waals surface area contributed by atoms with E-state index in [2.05, 4.69) is 6.58 Å². The van der Waals surface area contributed by atoms with Crippen LogP contribution in [0.15, 0.2) is 12.7 Å². The standard InChI is InChI=1S/C13H25NO2/c1-8-11(4)9-14(10(2)3)12(15)16-13(5,6)7/h8,10-11H,1,9H2,2-7H3. The lowest BCUT2D eigenvalue weighted by molar-refractivity contribution is 0.0174. The van der Waals surface area contributed by atoms with Crippen molar-refractivity contribution in [3.8, 4) is 0 Å². The van der Waals surface area contributed by atoms with Gasteiger partial charge in [0.05, 0.1) is 0 Å². The highest BCUT2D eigenvalue weighted by Crippen LogP contribution is 2.13. The molecule has 0 fully saturated rings. The summed E-state index contributed by atoms with van der Waals surface area (Å²) >= 11 is 0. The highest BCUT2D eigenvalue weighted by Gasteiger charge is 2.24. The summed E-state index contributed by atoms with van der Waals surface area (Å²) in [6.07, 6.45) is 1.59. The van der Waals surface area contributed by atoms with Crippen molar-refractivity contribution in [1.82, 2.24) is 4.90 Å². The predicted octanol–water partition coefficient (Wildman–Crippen LogP) is 3.45. The van der Waals surface area contributed by atoms with Crippen LogP contribution in [0.3, 0.4) is 0 Å². The van der Waals surface area contributed by atoms with Crippen LogP contribution in [-0.2, 0) is 4.74 Å². The molecule has 16 heavy (non-hydrogen) atoms. The van der Waals surface area contributed by atoms with Gasteiger partial charge in [-0.15, -0.1) is 6.58 Å². The van der Waals surface area contributed by atoms with Crippen LogP contribution in [0, 0.1) is 5.92 Å². The molecule has 3 heteroatoms. The van der Waals surface area contributed by atoms with Crippen LogP contribution < -0.4 is 0 Å². The van der Waals surface area contributed by atoms with Crippen molar-refractivity contribution in [2.45, 2.75) is 53.2 Å². The maximum absolute atomic E-state index is 11.9. The van der Waals surface area contributed by atoms with E-state index in [1.165, 1.54) is 0 Å². The normalized spacial score (nSPS) is 13.4. The maximum atomic E-state index is 11.9. The molecule has 0 aliphatic heterocycles. The molecule has 0 radical (unpaired) electrons. The Bertz CT molecular complexity index is 241. The zero-order valence-corrected chi connectivity index (χ0v) is 11.4. The largest absolute Gasteiger partial charge is 0.444 e. The predicted molar refractivity (Wildman–Crippen MR) is 67.4 cm³/mol. The van der Waals surface area contributed by atoms with E-state index >= 15 is 0 Å². The molecule has 0 saturated carbocycles. The summed E-state index contributed by atoms with van der Waals surface area (Å²) in [6, 6.07) is 0.136. The molecule has 0 saturated heterocycles. The quantitative estimate of drug-likeness (QED) is 0.688. The number of rotatable bonds is 4. The Morgan fingerprint density at radius 2 is 1.88 bits per heavy atom. The van der Waals surface area contributed by atoms with Crippen LogP contribution in [0.4, 0.5) is 4.79 Å². The van der Waals surface area contributed by atoms with E-state index in [0.717, 1.165) is 0 Å². The number of carbonyl (C=O) groups excluding carboxylic acids is 1. The van der Waals surface area contributed by atoms with Crippen molar-refractivity contribution in [1.29, 1.82) is 0 Å². The van der Waals surface area contributed by atoms with Crippen LogP contribution >= 0.6 is 0 Å². The summed E-state index contributed by atoms with van der Waals surface area (Å²) in [5.74, 6) is 0.273. The number of hydrogen-bond acceptors (Lipinski definition) is 2. The van der Waals surface area contributed by atoms with E-state index in [-0.39, 0.29) is 18.1 Å². The molecule has 0 aromatic rings. The van der Waals surface area contributed by atoms with Gasteiger partial charge in [-0.1, -0.05) is 13.0 Å². The summed E-state index contributed by atoms with van der Waals surface area (Å²) in [4.78, 5) is 13.7. The summed E-state index contributed by atoms with van der Waals surface area (Å²) in [6.45, 7) is 16.0. The highest BCUT2D eigenvalue weighted by atomic mass is 16.6. The first kappa shape index (κ1) is 15.0. The van der Waals surface area contributed by atoms with Gasteiger partial charge >= 0.3 is 6.09 Å². The molecule has 0 aromatic carbocycles. The monoisotopic (exact) mass is 227 g/mol. The van der Waals surface area contributed by atoms with Gasteiger partial charge in [-0.2, -0.15) is 0 Å². The molecular weight excluding hydrogens is 202 g/mol. The van der Waals surface area contributed by atoms with Crippen LogP contribution in [-0.4, -0.2) is 29.2 Å². The lowest BCUT2D eigenvalue weighted by atomic mass is 10.1. The molecular formula is C13H25NO2. The Kier molecular flexibility index (Phi) is 5.56. The molecule has 0 aliphatic carbocycles. The van der Waals surface area contributed by atoms with Gasteiger partial charge in [-0.25, -0.2) is 4.79 Å². The summed E-state index contributed by atoms with van der Waals surface area (Å²) < 4.78 is 5.36. The number of amides is 1. The Labute approximate surface area is 99.5 Å². The molecule has 0 aromatic heterocycles. The average molecular weight is 227 g/mol. The van der Waals surface area contributed by atoms with Gasteiger partial charge in [0, 0.05) is 12.6 Å². The first-order chi connectivity index (χ1) is 7.17. The lowest BCUT2D eigenvalue weighted by Gasteiger charge is -2.31. The molecule has 1 amide bonds. The van der Waals surface area contributed by atoms with Gasteiger partial charge in [-0.3, -0.25) is 0 Å². The molecule has 94 valence electrons. The van der Waals surface area contributed by atoms with E-state index in [4.69, 9.17) is 4.74 Å². The molecule has 1 unspecified atom stereocenters. The van der Waals surface area contributed by atoms with Crippen molar-refractivity contribution in [2.75, 3.05) is 6.54 Å². The van der Waals surface area contributed by atoms with Crippen molar-refractivity contribution in [3.05, 3.63) is 12.7 Å². The average Bonchev–Trinajstić information content (AvgIpc) is 2.09. The Balaban J connectivity index is 4.54. The Morgan fingerprint density at radius 3 is 2.19 bits per heavy atom. The number of ether oxygens (including phenoxy) is 1. The Hall–Kier alpha value is -0.990. The van der Waals surface area contributed by atoms with Crippen LogP contribution in [0.1, 0.15) is 41.5 Å². The van der Waals surface area contributed by atoms with Crippen molar-refractivity contribution < 1.29 is 9.53 Å². The highest BCUT2D eigenvalue weighted by molar-refractivity contribution is 5.68. The third-order valence-electron chi connectivity index (χ3n) is 2.14. The number of hydrogen-bond donors (Lipinski definition) is 0. The first-order valence-electron chi connectivity index (χ1n) is 5.79. The summed E-state index contributed by atoms with van der Waals surface area (Å²) in [5.41, 5.74) is -0.443. The van der Waals surface area contributed by atoms with Gasteiger partial charge in [0.1, 0.15) is 5.60 Å².